The largest absolute Gasteiger partial charge is 0.376 e. The molecule has 1 amide bonds. The first-order chi connectivity index (χ1) is 10.1. The topological polar surface area (TPSA) is 53.5 Å². The van der Waals surface area contributed by atoms with Gasteiger partial charge in [0.1, 0.15) is 0 Å². The van der Waals surface area contributed by atoms with Gasteiger partial charge >= 0.3 is 0 Å². The van der Waals surface area contributed by atoms with E-state index in [1.165, 1.54) is 6.21 Å². The summed E-state index contributed by atoms with van der Waals surface area (Å²) in [6.07, 6.45) is 1.50. The molecule has 0 saturated carbocycles. The minimum atomic E-state index is -0.241. The summed E-state index contributed by atoms with van der Waals surface area (Å²) in [5, 5.41) is 7.76. The van der Waals surface area contributed by atoms with Crippen LogP contribution in [0.2, 0.25) is 10.0 Å². The van der Waals surface area contributed by atoms with Crippen LogP contribution in [0.25, 0.3) is 0 Å². The highest BCUT2D eigenvalue weighted by atomic mass is 35.5. The van der Waals surface area contributed by atoms with Gasteiger partial charge in [0, 0.05) is 5.69 Å². The van der Waals surface area contributed by atoms with E-state index in [9.17, 15) is 4.79 Å². The molecule has 108 valence electrons. The zero-order valence-corrected chi connectivity index (χ0v) is 12.5. The maximum Gasteiger partial charge on any atom is 0.259 e. The number of halogens is 2. The van der Waals surface area contributed by atoms with Gasteiger partial charge in [0.25, 0.3) is 5.91 Å². The Balaban J connectivity index is 1.80. The number of amides is 1. The molecule has 0 aliphatic heterocycles. The van der Waals surface area contributed by atoms with E-state index in [2.05, 4.69) is 15.8 Å². The minimum Gasteiger partial charge on any atom is -0.376 e. The number of carbonyl (C=O) groups excluding carboxylic acids is 1. The molecular formula is C15H13Cl2N3O. The molecule has 0 aliphatic carbocycles. The molecule has 0 heterocycles. The average molecular weight is 322 g/mol. The monoisotopic (exact) mass is 321 g/mol. The first-order valence-corrected chi connectivity index (χ1v) is 6.96. The van der Waals surface area contributed by atoms with Crippen LogP contribution in [0.5, 0.6) is 0 Å². The van der Waals surface area contributed by atoms with E-state index in [0.717, 1.165) is 11.3 Å². The summed E-state index contributed by atoms with van der Waals surface area (Å²) in [7, 11) is 0. The van der Waals surface area contributed by atoms with Crippen molar-refractivity contribution in [1.29, 1.82) is 0 Å². The molecule has 0 atom stereocenters. The van der Waals surface area contributed by atoms with Gasteiger partial charge in [0.05, 0.1) is 22.8 Å². The van der Waals surface area contributed by atoms with Crippen LogP contribution in [0.15, 0.2) is 53.6 Å². The highest BCUT2D eigenvalue weighted by molar-refractivity contribution is 6.42. The Hall–Kier alpha value is -2.04. The van der Waals surface area contributed by atoms with Gasteiger partial charge in [-0.2, -0.15) is 5.10 Å². The van der Waals surface area contributed by atoms with Crippen molar-refractivity contribution in [3.63, 3.8) is 0 Å². The summed E-state index contributed by atoms with van der Waals surface area (Å²) in [5.41, 5.74) is 4.05. The van der Waals surface area contributed by atoms with Crippen LogP contribution in [0.3, 0.4) is 0 Å². The SMILES string of the molecule is O=C(CNc1ccccc1)N/N=C/c1ccc(Cl)c(Cl)c1. The number of carbonyl (C=O) groups is 1. The lowest BCUT2D eigenvalue weighted by Crippen LogP contribution is -2.25. The van der Waals surface area contributed by atoms with Gasteiger partial charge in [-0.25, -0.2) is 5.43 Å². The molecule has 0 bridgehead atoms. The predicted molar refractivity (Wildman–Crippen MR) is 87.1 cm³/mol. The molecule has 0 spiro atoms. The molecule has 2 rings (SSSR count). The zero-order chi connectivity index (χ0) is 15.1. The van der Waals surface area contributed by atoms with Crippen LogP contribution in [0.4, 0.5) is 5.69 Å². The van der Waals surface area contributed by atoms with Crippen molar-refractivity contribution in [2.75, 3.05) is 11.9 Å². The minimum absolute atomic E-state index is 0.142. The van der Waals surface area contributed by atoms with Gasteiger partial charge in [-0.1, -0.05) is 47.5 Å². The fourth-order valence-corrected chi connectivity index (χ4v) is 1.86. The maximum absolute atomic E-state index is 11.6. The Bertz CT molecular complexity index is 645. The predicted octanol–water partition coefficient (Wildman–Crippen LogP) is 3.56. The normalized spacial score (nSPS) is 10.6. The van der Waals surface area contributed by atoms with E-state index in [1.54, 1.807) is 18.2 Å². The molecule has 4 nitrogen and oxygen atoms in total. The lowest BCUT2D eigenvalue weighted by atomic mass is 10.2. The van der Waals surface area contributed by atoms with E-state index in [-0.39, 0.29) is 12.5 Å². The van der Waals surface area contributed by atoms with E-state index in [4.69, 9.17) is 23.2 Å². The third kappa shape index (κ3) is 5.10. The van der Waals surface area contributed by atoms with Crippen molar-refractivity contribution in [3.05, 3.63) is 64.1 Å². The quantitative estimate of drug-likeness (QED) is 0.653. The Kier molecular flexibility index (Phi) is 5.60. The number of benzene rings is 2. The number of hydrogen-bond donors (Lipinski definition) is 2. The summed E-state index contributed by atoms with van der Waals surface area (Å²) in [6, 6.07) is 14.6. The fraction of sp³-hybridized carbons (Fsp3) is 0.0667. The number of nitrogens with zero attached hydrogens (tertiary/aromatic N) is 1. The number of hydrogen-bond acceptors (Lipinski definition) is 3. The van der Waals surface area contributed by atoms with Gasteiger partial charge in [-0.3, -0.25) is 4.79 Å². The fourth-order valence-electron chi connectivity index (χ4n) is 1.55. The first-order valence-electron chi connectivity index (χ1n) is 6.21. The molecule has 0 fully saturated rings. The molecule has 0 radical (unpaired) electrons. The summed E-state index contributed by atoms with van der Waals surface area (Å²) >= 11 is 11.7. The van der Waals surface area contributed by atoms with Gasteiger partial charge in [0.2, 0.25) is 0 Å². The Morgan fingerprint density at radius 1 is 1.10 bits per heavy atom. The van der Waals surface area contributed by atoms with Crippen molar-refractivity contribution < 1.29 is 4.79 Å². The van der Waals surface area contributed by atoms with Crippen molar-refractivity contribution in [2.24, 2.45) is 5.10 Å². The second-order valence-corrected chi connectivity index (χ2v) is 5.00. The second kappa shape index (κ2) is 7.67. The van der Waals surface area contributed by atoms with Crippen LogP contribution in [0.1, 0.15) is 5.56 Å². The Morgan fingerprint density at radius 2 is 1.86 bits per heavy atom. The molecule has 2 N–H and O–H groups in total. The molecule has 21 heavy (non-hydrogen) atoms. The molecule has 2 aromatic rings. The molecule has 2 aromatic carbocycles. The third-order valence-electron chi connectivity index (χ3n) is 2.57. The Labute approximate surface area is 132 Å². The van der Waals surface area contributed by atoms with Crippen molar-refractivity contribution in [1.82, 2.24) is 5.43 Å². The maximum atomic E-state index is 11.6. The van der Waals surface area contributed by atoms with Crippen molar-refractivity contribution in [3.8, 4) is 0 Å². The van der Waals surface area contributed by atoms with Crippen molar-refractivity contribution in [2.45, 2.75) is 0 Å². The van der Waals surface area contributed by atoms with E-state index >= 15 is 0 Å². The molecule has 0 aromatic heterocycles. The number of anilines is 1. The number of para-hydroxylation sites is 1. The number of rotatable bonds is 5. The summed E-state index contributed by atoms with van der Waals surface area (Å²) in [4.78, 5) is 11.6. The van der Waals surface area contributed by atoms with Crippen LogP contribution >= 0.6 is 23.2 Å². The molecule has 0 aliphatic rings. The van der Waals surface area contributed by atoms with E-state index in [1.807, 2.05) is 30.3 Å². The van der Waals surface area contributed by atoms with Crippen LogP contribution in [0, 0.1) is 0 Å². The third-order valence-corrected chi connectivity index (χ3v) is 3.31. The highest BCUT2D eigenvalue weighted by Gasteiger charge is 2.00. The standard InChI is InChI=1S/C15H13Cl2N3O/c16-13-7-6-11(8-14(13)17)9-19-20-15(21)10-18-12-4-2-1-3-5-12/h1-9,18H,10H2,(H,20,21)/b19-9+. The highest BCUT2D eigenvalue weighted by Crippen LogP contribution is 2.21. The first kappa shape index (κ1) is 15.4. The van der Waals surface area contributed by atoms with Gasteiger partial charge in [-0.15, -0.1) is 0 Å². The van der Waals surface area contributed by atoms with Gasteiger partial charge in [0.15, 0.2) is 0 Å². The Morgan fingerprint density at radius 3 is 2.57 bits per heavy atom. The molecule has 6 heteroatoms. The summed E-state index contributed by atoms with van der Waals surface area (Å²) in [5.74, 6) is -0.241. The van der Waals surface area contributed by atoms with Crippen LogP contribution in [-0.4, -0.2) is 18.7 Å². The summed E-state index contributed by atoms with van der Waals surface area (Å²) < 4.78 is 0. The lowest BCUT2D eigenvalue weighted by Gasteiger charge is -2.04. The number of hydrazone groups is 1. The smallest absolute Gasteiger partial charge is 0.259 e. The number of nitrogens with one attached hydrogen (secondary N) is 2. The molecule has 0 saturated heterocycles. The van der Waals surface area contributed by atoms with E-state index < -0.39 is 0 Å². The lowest BCUT2D eigenvalue weighted by molar-refractivity contribution is -0.119. The molecular weight excluding hydrogens is 309 g/mol. The molecule has 0 unspecified atom stereocenters. The van der Waals surface area contributed by atoms with Crippen LogP contribution < -0.4 is 10.7 Å². The van der Waals surface area contributed by atoms with E-state index in [0.29, 0.717) is 10.0 Å². The van der Waals surface area contributed by atoms with Gasteiger partial charge < -0.3 is 5.32 Å². The van der Waals surface area contributed by atoms with Crippen LogP contribution in [-0.2, 0) is 4.79 Å². The van der Waals surface area contributed by atoms with Crippen molar-refractivity contribution >= 4 is 41.0 Å². The second-order valence-electron chi connectivity index (χ2n) is 4.19. The summed E-state index contributed by atoms with van der Waals surface area (Å²) in [6.45, 7) is 0.142. The zero-order valence-electron chi connectivity index (χ0n) is 11.0. The van der Waals surface area contributed by atoms with Gasteiger partial charge in [-0.05, 0) is 29.8 Å². The average Bonchev–Trinajstić information content (AvgIpc) is 2.50.